The van der Waals surface area contributed by atoms with Gasteiger partial charge in [0.25, 0.3) is 0 Å². The summed E-state index contributed by atoms with van der Waals surface area (Å²) in [5, 5.41) is 0. The monoisotopic (exact) mass is 488 g/mol. The number of aliphatic imine (C=N–C) groups is 1. The number of aryl methyl sites for hydroxylation is 1. The van der Waals surface area contributed by atoms with Gasteiger partial charge < -0.3 is 4.74 Å². The van der Waals surface area contributed by atoms with E-state index >= 15 is 0 Å². The molecule has 1 aromatic heterocycles. The highest BCUT2D eigenvalue weighted by molar-refractivity contribution is 8.03. The molecule has 0 aliphatic carbocycles. The lowest BCUT2D eigenvalue weighted by Crippen LogP contribution is -2.17. The third-order valence-electron chi connectivity index (χ3n) is 4.32. The molecule has 0 bridgehead atoms. The van der Waals surface area contributed by atoms with Gasteiger partial charge in [0, 0.05) is 21.6 Å². The number of pyridine rings is 1. The number of halogens is 6. The van der Waals surface area contributed by atoms with Crippen LogP contribution < -0.4 is 0 Å². The molecular weight excluding hydrogens is 466 g/mol. The van der Waals surface area contributed by atoms with Crippen molar-refractivity contribution in [3.63, 3.8) is 0 Å². The fraction of sp³-hybridized carbons (Fsp3) is 0.304. The Balaban J connectivity index is 2.56. The van der Waals surface area contributed by atoms with E-state index in [1.807, 2.05) is 6.92 Å². The zero-order valence-corrected chi connectivity index (χ0v) is 19.1. The second-order valence-electron chi connectivity index (χ2n) is 6.90. The van der Waals surface area contributed by atoms with Crippen LogP contribution in [0.4, 0.5) is 26.3 Å². The van der Waals surface area contributed by atoms with Crippen molar-refractivity contribution in [1.29, 1.82) is 0 Å². The molecule has 0 N–H and O–H groups in total. The molecule has 0 radical (unpaired) electrons. The molecule has 33 heavy (non-hydrogen) atoms. The van der Waals surface area contributed by atoms with E-state index in [-0.39, 0.29) is 16.2 Å². The van der Waals surface area contributed by atoms with Gasteiger partial charge in [-0.15, -0.1) is 0 Å². The van der Waals surface area contributed by atoms with Crippen molar-refractivity contribution in [2.45, 2.75) is 44.4 Å². The van der Waals surface area contributed by atoms with Crippen molar-refractivity contribution in [3.8, 4) is 0 Å². The van der Waals surface area contributed by atoms with Crippen LogP contribution in [0.2, 0.25) is 0 Å². The van der Waals surface area contributed by atoms with Gasteiger partial charge in [0.15, 0.2) is 0 Å². The zero-order valence-electron chi connectivity index (χ0n) is 18.3. The third-order valence-corrected chi connectivity index (χ3v) is 5.41. The first kappa shape index (κ1) is 26.5. The van der Waals surface area contributed by atoms with Crippen molar-refractivity contribution in [3.05, 3.63) is 81.9 Å². The Morgan fingerprint density at radius 1 is 1.06 bits per heavy atom. The number of nitrogens with zero attached hydrogens (tertiary/aromatic N) is 2. The van der Waals surface area contributed by atoms with Crippen molar-refractivity contribution in [2.75, 3.05) is 7.11 Å². The van der Waals surface area contributed by atoms with E-state index in [9.17, 15) is 26.3 Å². The Morgan fingerprint density at radius 3 is 2.15 bits per heavy atom. The minimum absolute atomic E-state index is 0.0195. The number of allylic oxidation sites excluding steroid dienone is 2. The van der Waals surface area contributed by atoms with Crippen LogP contribution in [0.15, 0.2) is 74.9 Å². The van der Waals surface area contributed by atoms with E-state index in [4.69, 9.17) is 4.74 Å². The number of ether oxygens (including phenoxy) is 1. The topological polar surface area (TPSA) is 34.5 Å². The van der Waals surface area contributed by atoms with E-state index in [2.05, 4.69) is 9.98 Å². The summed E-state index contributed by atoms with van der Waals surface area (Å²) in [4.78, 5) is 7.80. The van der Waals surface area contributed by atoms with Crippen LogP contribution >= 0.6 is 11.8 Å². The number of hydrogen-bond acceptors (Lipinski definition) is 4. The number of methoxy groups -OCH3 is 1. The van der Waals surface area contributed by atoms with Crippen LogP contribution in [-0.4, -0.2) is 24.0 Å². The van der Waals surface area contributed by atoms with E-state index in [1.54, 1.807) is 31.2 Å². The van der Waals surface area contributed by atoms with E-state index in [1.165, 1.54) is 13.0 Å². The van der Waals surface area contributed by atoms with Crippen LogP contribution in [0, 0.1) is 6.92 Å². The van der Waals surface area contributed by atoms with Crippen molar-refractivity contribution in [1.82, 2.24) is 4.98 Å². The van der Waals surface area contributed by atoms with E-state index in [0.717, 1.165) is 42.8 Å². The SMILES string of the molecule is CC/C=C(Sc1ccc(C)cc1)/C(=C(\N=C(/C)c1ccc(C(F)(F)F)nc1)OC)C(F)(F)F. The van der Waals surface area contributed by atoms with E-state index < -0.39 is 29.5 Å². The molecule has 0 spiro atoms. The van der Waals surface area contributed by atoms with E-state index in [0.29, 0.717) is 11.3 Å². The third kappa shape index (κ3) is 7.38. The number of alkyl halides is 6. The fourth-order valence-corrected chi connectivity index (χ4v) is 3.76. The second kappa shape index (κ2) is 10.9. The van der Waals surface area contributed by atoms with Crippen molar-refractivity contribution in [2.24, 2.45) is 4.99 Å². The molecule has 1 heterocycles. The highest BCUT2D eigenvalue weighted by atomic mass is 32.2. The minimum Gasteiger partial charge on any atom is -0.481 e. The molecule has 1 aromatic carbocycles. The first-order chi connectivity index (χ1) is 15.4. The first-order valence-corrected chi connectivity index (χ1v) is 10.6. The number of hydrogen-bond donors (Lipinski definition) is 0. The Kier molecular flexibility index (Phi) is 8.76. The molecule has 2 aromatic rings. The average Bonchev–Trinajstić information content (AvgIpc) is 2.73. The Morgan fingerprint density at radius 2 is 1.70 bits per heavy atom. The number of rotatable bonds is 7. The Labute approximate surface area is 192 Å². The maximum atomic E-state index is 14.1. The lowest BCUT2D eigenvalue weighted by Gasteiger charge is -2.18. The second-order valence-corrected chi connectivity index (χ2v) is 8.02. The quantitative estimate of drug-likeness (QED) is 0.132. The standard InChI is InChI=1S/C23H22F6N2OS/c1-5-6-18(33-17-10-7-14(2)8-11-17)20(23(27,28)29)21(32-4)31-15(3)16-9-12-19(30-13-16)22(24,25)26/h6-13H,5H2,1-4H3/b18-6-,21-20-,31-15+. The minimum atomic E-state index is -4.80. The van der Waals surface area contributed by atoms with Gasteiger partial charge in [-0.3, -0.25) is 4.98 Å². The van der Waals surface area contributed by atoms with Crippen molar-refractivity contribution >= 4 is 17.5 Å². The molecule has 0 aliphatic rings. The van der Waals surface area contributed by atoms with Crippen LogP contribution in [-0.2, 0) is 10.9 Å². The largest absolute Gasteiger partial charge is 0.481 e. The number of benzene rings is 1. The van der Waals surface area contributed by atoms with Crippen LogP contribution in [0.3, 0.4) is 0 Å². The molecule has 178 valence electrons. The first-order valence-electron chi connectivity index (χ1n) is 9.76. The van der Waals surface area contributed by atoms with Gasteiger partial charge in [-0.05, 0) is 44.5 Å². The predicted octanol–water partition coefficient (Wildman–Crippen LogP) is 7.72. The van der Waals surface area contributed by atoms with Gasteiger partial charge >= 0.3 is 12.4 Å². The summed E-state index contributed by atoms with van der Waals surface area (Å²) in [6.07, 6.45) is -6.76. The summed E-state index contributed by atoms with van der Waals surface area (Å²) >= 11 is 0.925. The summed E-state index contributed by atoms with van der Waals surface area (Å²) < 4.78 is 85.6. The van der Waals surface area contributed by atoms with Gasteiger partial charge in [0.1, 0.15) is 11.3 Å². The molecule has 10 heteroatoms. The molecule has 0 unspecified atom stereocenters. The van der Waals surface area contributed by atoms with Crippen LogP contribution in [0.1, 0.15) is 37.1 Å². The molecular formula is C23H22F6N2OS. The van der Waals surface area contributed by atoms with Crippen LogP contribution in [0.25, 0.3) is 0 Å². The van der Waals surface area contributed by atoms with Crippen molar-refractivity contribution < 1.29 is 31.1 Å². The normalized spacial score (nSPS) is 14.2. The molecule has 0 amide bonds. The molecule has 0 saturated carbocycles. The smallest absolute Gasteiger partial charge is 0.433 e. The van der Waals surface area contributed by atoms with Crippen LogP contribution in [0.5, 0.6) is 0 Å². The molecule has 3 nitrogen and oxygen atoms in total. The summed E-state index contributed by atoms with van der Waals surface area (Å²) in [5.74, 6) is -0.695. The summed E-state index contributed by atoms with van der Waals surface area (Å²) in [5.41, 5.74) is -1.07. The molecule has 0 aliphatic heterocycles. The van der Waals surface area contributed by atoms with Gasteiger partial charge in [-0.1, -0.05) is 42.5 Å². The highest BCUT2D eigenvalue weighted by Gasteiger charge is 2.40. The number of aromatic nitrogens is 1. The summed E-state index contributed by atoms with van der Waals surface area (Å²) in [7, 11) is 1.06. The van der Waals surface area contributed by atoms with Gasteiger partial charge in [0.05, 0.1) is 12.8 Å². The zero-order chi connectivity index (χ0) is 24.8. The average molecular weight is 488 g/mol. The van der Waals surface area contributed by atoms with Gasteiger partial charge in [0.2, 0.25) is 5.88 Å². The lowest BCUT2D eigenvalue weighted by atomic mass is 10.1. The maximum absolute atomic E-state index is 14.1. The summed E-state index contributed by atoms with van der Waals surface area (Å²) in [6.45, 7) is 4.95. The summed E-state index contributed by atoms with van der Waals surface area (Å²) in [6, 6.07) is 8.85. The number of thioether (sulfide) groups is 1. The Bertz CT molecular complexity index is 1040. The lowest BCUT2D eigenvalue weighted by molar-refractivity contribution is -0.141. The van der Waals surface area contributed by atoms with Gasteiger partial charge in [-0.2, -0.15) is 26.3 Å². The Hall–Kier alpha value is -2.75. The fourth-order valence-electron chi connectivity index (χ4n) is 2.68. The molecule has 2 rings (SSSR count). The molecule has 0 atom stereocenters. The predicted molar refractivity (Wildman–Crippen MR) is 117 cm³/mol. The highest BCUT2D eigenvalue weighted by Crippen LogP contribution is 2.42. The maximum Gasteiger partial charge on any atom is 0.433 e. The molecule has 0 saturated heterocycles. The molecule has 0 fully saturated rings. The van der Waals surface area contributed by atoms with Gasteiger partial charge in [-0.25, -0.2) is 4.99 Å².